The molecule has 3 N–H and O–H groups in total. The summed E-state index contributed by atoms with van der Waals surface area (Å²) < 4.78 is 5.23. The molecule has 7 heteroatoms. The molecule has 0 radical (unpaired) electrons. The minimum Gasteiger partial charge on any atom is -0.495 e. The highest BCUT2D eigenvalue weighted by Crippen LogP contribution is 2.30. The normalized spacial score (nSPS) is 10.1. The number of methoxy groups -OCH3 is 1. The van der Waals surface area contributed by atoms with Gasteiger partial charge < -0.3 is 15.8 Å². The number of nitrogens with one attached hydrogen (secondary N) is 1. The summed E-state index contributed by atoms with van der Waals surface area (Å²) in [5.41, 5.74) is 6.65. The van der Waals surface area contributed by atoms with E-state index in [9.17, 15) is 4.79 Å². The van der Waals surface area contributed by atoms with E-state index < -0.39 is 0 Å². The van der Waals surface area contributed by atoms with Crippen molar-refractivity contribution in [3.63, 3.8) is 0 Å². The standard InChI is InChI=1S/C13H11ClN2O2S2/c1-18-9-4-2-3-7(12(15)19)10(9)16-13(17)11-8(14)5-6-20-11/h2-6H,1H3,(H2,15,19)(H,16,17). The second-order valence-electron chi connectivity index (χ2n) is 3.80. The van der Waals surface area contributed by atoms with Gasteiger partial charge in [0, 0.05) is 5.56 Å². The second-order valence-corrected chi connectivity index (χ2v) is 5.56. The van der Waals surface area contributed by atoms with E-state index in [1.54, 1.807) is 29.6 Å². The van der Waals surface area contributed by atoms with E-state index in [1.807, 2.05) is 0 Å². The number of benzene rings is 1. The van der Waals surface area contributed by atoms with E-state index >= 15 is 0 Å². The van der Waals surface area contributed by atoms with E-state index in [0.29, 0.717) is 26.9 Å². The van der Waals surface area contributed by atoms with Gasteiger partial charge in [-0.1, -0.05) is 29.9 Å². The highest BCUT2D eigenvalue weighted by atomic mass is 35.5. The van der Waals surface area contributed by atoms with Crippen molar-refractivity contribution in [1.82, 2.24) is 0 Å². The molecule has 2 aromatic rings. The van der Waals surface area contributed by atoms with Crippen LogP contribution in [0, 0.1) is 0 Å². The molecule has 0 unspecified atom stereocenters. The van der Waals surface area contributed by atoms with Crippen LogP contribution in [0.25, 0.3) is 0 Å². The molecule has 0 aliphatic heterocycles. The number of thiocarbonyl (C=S) groups is 1. The van der Waals surface area contributed by atoms with Crippen LogP contribution in [0.3, 0.4) is 0 Å². The molecule has 0 aliphatic rings. The molecule has 0 saturated heterocycles. The smallest absolute Gasteiger partial charge is 0.267 e. The van der Waals surface area contributed by atoms with Gasteiger partial charge in [-0.25, -0.2) is 0 Å². The summed E-state index contributed by atoms with van der Waals surface area (Å²) in [5.74, 6) is 0.156. The highest BCUT2D eigenvalue weighted by molar-refractivity contribution is 7.80. The van der Waals surface area contributed by atoms with Crippen LogP contribution in [0.2, 0.25) is 5.02 Å². The SMILES string of the molecule is COc1cccc(C(N)=S)c1NC(=O)c1sccc1Cl. The number of thiophene rings is 1. The van der Waals surface area contributed by atoms with Crippen molar-refractivity contribution < 1.29 is 9.53 Å². The lowest BCUT2D eigenvalue weighted by molar-refractivity contribution is 0.103. The fraction of sp³-hybridized carbons (Fsp3) is 0.0769. The topological polar surface area (TPSA) is 64.3 Å². The van der Waals surface area contributed by atoms with Gasteiger partial charge in [-0.05, 0) is 23.6 Å². The molecule has 104 valence electrons. The summed E-state index contributed by atoms with van der Waals surface area (Å²) in [6.45, 7) is 0. The Labute approximate surface area is 130 Å². The van der Waals surface area contributed by atoms with Gasteiger partial charge in [0.1, 0.15) is 15.6 Å². The number of carbonyl (C=O) groups excluding carboxylic acids is 1. The molecule has 0 fully saturated rings. The number of amides is 1. The lowest BCUT2D eigenvalue weighted by atomic mass is 10.1. The first kappa shape index (κ1) is 14.8. The zero-order chi connectivity index (χ0) is 14.7. The Kier molecular flexibility index (Phi) is 4.59. The lowest BCUT2D eigenvalue weighted by Gasteiger charge is -2.13. The second kappa shape index (κ2) is 6.21. The Morgan fingerprint density at radius 3 is 2.75 bits per heavy atom. The molecule has 0 saturated carbocycles. The van der Waals surface area contributed by atoms with Crippen LogP contribution in [-0.4, -0.2) is 18.0 Å². The summed E-state index contributed by atoms with van der Waals surface area (Å²) >= 11 is 12.2. The summed E-state index contributed by atoms with van der Waals surface area (Å²) in [6.07, 6.45) is 0. The third-order valence-corrected chi connectivity index (χ3v) is 4.13. The van der Waals surface area contributed by atoms with E-state index in [0.717, 1.165) is 0 Å². The first-order valence-corrected chi connectivity index (χ1v) is 7.22. The predicted octanol–water partition coefficient (Wildman–Crippen LogP) is 3.30. The fourth-order valence-electron chi connectivity index (χ4n) is 1.66. The predicted molar refractivity (Wildman–Crippen MR) is 86.2 cm³/mol. The van der Waals surface area contributed by atoms with Crippen LogP contribution < -0.4 is 15.8 Å². The summed E-state index contributed by atoms with van der Waals surface area (Å²) in [6, 6.07) is 6.85. The third-order valence-electron chi connectivity index (χ3n) is 2.57. The molecule has 2 rings (SSSR count). The van der Waals surface area contributed by atoms with Crippen molar-refractivity contribution in [3.8, 4) is 5.75 Å². The number of halogens is 1. The lowest BCUT2D eigenvalue weighted by Crippen LogP contribution is -2.18. The molecular weight excluding hydrogens is 316 g/mol. The molecule has 1 amide bonds. The van der Waals surface area contributed by atoms with Crippen molar-refractivity contribution in [2.24, 2.45) is 5.73 Å². The minimum absolute atomic E-state index is 0.177. The summed E-state index contributed by atoms with van der Waals surface area (Å²) in [4.78, 5) is 12.8. The van der Waals surface area contributed by atoms with Crippen LogP contribution in [0.4, 0.5) is 5.69 Å². The van der Waals surface area contributed by atoms with Crippen molar-refractivity contribution in [2.75, 3.05) is 12.4 Å². The number of nitrogens with two attached hydrogens (primary N) is 1. The molecule has 0 aliphatic carbocycles. The molecular formula is C13H11ClN2O2S2. The number of hydrogen-bond donors (Lipinski definition) is 2. The first-order valence-electron chi connectivity index (χ1n) is 5.55. The van der Waals surface area contributed by atoms with Gasteiger partial charge in [0.25, 0.3) is 5.91 Å². The Morgan fingerprint density at radius 1 is 1.45 bits per heavy atom. The number of rotatable bonds is 4. The van der Waals surface area contributed by atoms with Gasteiger partial charge in [-0.15, -0.1) is 11.3 Å². The molecule has 0 atom stereocenters. The quantitative estimate of drug-likeness (QED) is 0.846. The Balaban J connectivity index is 2.40. The van der Waals surface area contributed by atoms with Crippen LogP contribution in [-0.2, 0) is 0 Å². The number of para-hydroxylation sites is 1. The molecule has 0 bridgehead atoms. The molecule has 1 aromatic carbocycles. The number of hydrogen-bond acceptors (Lipinski definition) is 4. The van der Waals surface area contributed by atoms with Gasteiger partial charge in [0.15, 0.2) is 0 Å². The van der Waals surface area contributed by atoms with Crippen LogP contribution in [0.1, 0.15) is 15.2 Å². The van der Waals surface area contributed by atoms with E-state index in [1.165, 1.54) is 18.4 Å². The maximum absolute atomic E-state index is 12.2. The largest absolute Gasteiger partial charge is 0.495 e. The molecule has 1 heterocycles. The molecule has 4 nitrogen and oxygen atoms in total. The van der Waals surface area contributed by atoms with E-state index in [4.69, 9.17) is 34.3 Å². The summed E-state index contributed by atoms with van der Waals surface area (Å²) in [5, 5.41) is 4.90. The molecule has 1 aromatic heterocycles. The van der Waals surface area contributed by atoms with E-state index in [2.05, 4.69) is 5.32 Å². The fourth-order valence-corrected chi connectivity index (χ4v) is 2.87. The van der Waals surface area contributed by atoms with Crippen molar-refractivity contribution in [2.45, 2.75) is 0 Å². The van der Waals surface area contributed by atoms with Crippen LogP contribution >= 0.6 is 35.2 Å². The maximum Gasteiger partial charge on any atom is 0.267 e. The minimum atomic E-state index is -0.327. The van der Waals surface area contributed by atoms with Gasteiger partial charge in [-0.3, -0.25) is 4.79 Å². The van der Waals surface area contributed by atoms with Crippen molar-refractivity contribution >= 4 is 51.7 Å². The zero-order valence-electron chi connectivity index (χ0n) is 10.5. The molecule has 0 spiro atoms. The number of carbonyl (C=O) groups is 1. The summed E-state index contributed by atoms with van der Waals surface area (Å²) in [7, 11) is 1.51. The van der Waals surface area contributed by atoms with Crippen LogP contribution in [0.5, 0.6) is 5.75 Å². The van der Waals surface area contributed by atoms with Gasteiger partial charge in [-0.2, -0.15) is 0 Å². The van der Waals surface area contributed by atoms with E-state index in [-0.39, 0.29) is 10.9 Å². The average Bonchev–Trinajstić information content (AvgIpc) is 2.85. The van der Waals surface area contributed by atoms with Gasteiger partial charge >= 0.3 is 0 Å². The van der Waals surface area contributed by atoms with Gasteiger partial charge in [0.2, 0.25) is 0 Å². The van der Waals surface area contributed by atoms with Crippen LogP contribution in [0.15, 0.2) is 29.6 Å². The zero-order valence-corrected chi connectivity index (χ0v) is 12.9. The Bertz CT molecular complexity index is 670. The maximum atomic E-state index is 12.2. The first-order chi connectivity index (χ1) is 9.54. The Hall–Kier alpha value is -1.63. The average molecular weight is 327 g/mol. The molecule has 20 heavy (non-hydrogen) atoms. The highest BCUT2D eigenvalue weighted by Gasteiger charge is 2.17. The number of ether oxygens (including phenoxy) is 1. The number of anilines is 1. The Morgan fingerprint density at radius 2 is 2.20 bits per heavy atom. The van der Waals surface area contributed by atoms with Crippen molar-refractivity contribution in [1.29, 1.82) is 0 Å². The van der Waals surface area contributed by atoms with Gasteiger partial charge in [0.05, 0.1) is 17.8 Å². The van der Waals surface area contributed by atoms with Crippen molar-refractivity contribution in [3.05, 3.63) is 45.1 Å². The third kappa shape index (κ3) is 2.92. The monoisotopic (exact) mass is 326 g/mol.